The van der Waals surface area contributed by atoms with Crippen molar-refractivity contribution in [2.75, 3.05) is 25.4 Å². The smallest absolute Gasteiger partial charge is 0.246 e. The van der Waals surface area contributed by atoms with Gasteiger partial charge in [-0.05, 0) is 18.2 Å². The molecule has 0 aliphatic carbocycles. The van der Waals surface area contributed by atoms with E-state index in [1.807, 2.05) is 0 Å². The molecule has 3 N–H and O–H groups in total. The predicted molar refractivity (Wildman–Crippen MR) is 60.1 cm³/mol. The third kappa shape index (κ3) is 2.13. The second-order valence-corrected chi connectivity index (χ2v) is 5.97. The highest BCUT2D eigenvalue weighted by Gasteiger charge is 2.37. The summed E-state index contributed by atoms with van der Waals surface area (Å²) in [6.45, 7) is 0.367. The maximum Gasteiger partial charge on any atom is 0.246 e. The molecular formula is C10H13FN2O3S. The van der Waals surface area contributed by atoms with E-state index in [0.29, 0.717) is 0 Å². The van der Waals surface area contributed by atoms with Crippen LogP contribution in [0.1, 0.15) is 0 Å². The Morgan fingerprint density at radius 3 is 2.71 bits per heavy atom. The largest absolute Gasteiger partial charge is 0.399 e. The minimum Gasteiger partial charge on any atom is -0.399 e. The van der Waals surface area contributed by atoms with Gasteiger partial charge in [-0.15, -0.1) is 0 Å². The van der Waals surface area contributed by atoms with E-state index < -0.39 is 20.7 Å². The zero-order valence-corrected chi connectivity index (χ0v) is 9.82. The van der Waals surface area contributed by atoms with Crippen molar-refractivity contribution in [1.82, 2.24) is 4.31 Å². The van der Waals surface area contributed by atoms with Crippen molar-refractivity contribution < 1.29 is 17.9 Å². The summed E-state index contributed by atoms with van der Waals surface area (Å²) < 4.78 is 38.6. The average molecular weight is 260 g/mol. The maximum absolute atomic E-state index is 13.5. The number of halogens is 1. The molecular weight excluding hydrogens is 247 g/mol. The summed E-state index contributed by atoms with van der Waals surface area (Å²) in [7, 11) is -3.83. The minimum atomic E-state index is -3.83. The fraction of sp³-hybridized carbons (Fsp3) is 0.400. The number of aliphatic hydroxyl groups excluding tert-OH is 1. The number of sulfonamides is 1. The number of hydrogen-bond acceptors (Lipinski definition) is 4. The zero-order chi connectivity index (χ0) is 12.6. The van der Waals surface area contributed by atoms with E-state index in [4.69, 9.17) is 10.8 Å². The predicted octanol–water partition coefficient (Wildman–Crippen LogP) is 0.0207. The van der Waals surface area contributed by atoms with Crippen molar-refractivity contribution >= 4 is 15.7 Å². The molecule has 7 heteroatoms. The summed E-state index contributed by atoms with van der Waals surface area (Å²) >= 11 is 0. The SMILES string of the molecule is Nc1ccc(F)c(S(=O)(=O)N2CC(CO)C2)c1. The van der Waals surface area contributed by atoms with Crippen molar-refractivity contribution in [2.24, 2.45) is 5.92 Å². The number of nitrogens with two attached hydrogens (primary N) is 1. The second kappa shape index (κ2) is 4.25. The van der Waals surface area contributed by atoms with E-state index in [1.165, 1.54) is 6.07 Å². The number of aliphatic hydroxyl groups is 1. The quantitative estimate of drug-likeness (QED) is 0.750. The van der Waals surface area contributed by atoms with Crippen LogP contribution < -0.4 is 5.73 Å². The van der Waals surface area contributed by atoms with Crippen LogP contribution in [0.25, 0.3) is 0 Å². The number of hydrogen-bond donors (Lipinski definition) is 2. The van der Waals surface area contributed by atoms with E-state index in [2.05, 4.69) is 0 Å². The molecule has 0 amide bonds. The number of nitrogens with zero attached hydrogens (tertiary/aromatic N) is 1. The van der Waals surface area contributed by atoms with Crippen molar-refractivity contribution in [2.45, 2.75) is 4.90 Å². The molecule has 1 aromatic carbocycles. The fourth-order valence-electron chi connectivity index (χ4n) is 1.69. The summed E-state index contributed by atoms with van der Waals surface area (Å²) in [6, 6.07) is 3.45. The Balaban J connectivity index is 2.30. The van der Waals surface area contributed by atoms with Crippen LogP contribution in [-0.4, -0.2) is 37.5 Å². The molecule has 0 unspecified atom stereocenters. The average Bonchev–Trinajstić information content (AvgIpc) is 2.19. The van der Waals surface area contributed by atoms with Gasteiger partial charge < -0.3 is 10.8 Å². The van der Waals surface area contributed by atoms with Gasteiger partial charge in [-0.2, -0.15) is 4.31 Å². The van der Waals surface area contributed by atoms with Crippen LogP contribution in [0.15, 0.2) is 23.1 Å². The molecule has 1 saturated heterocycles. The second-order valence-electron chi connectivity index (χ2n) is 4.06. The van der Waals surface area contributed by atoms with Gasteiger partial charge in [-0.1, -0.05) is 0 Å². The van der Waals surface area contributed by atoms with Crippen LogP contribution in [0.3, 0.4) is 0 Å². The Hall–Kier alpha value is -1.18. The van der Waals surface area contributed by atoms with Gasteiger partial charge in [-0.25, -0.2) is 12.8 Å². The van der Waals surface area contributed by atoms with Crippen molar-refractivity contribution in [3.63, 3.8) is 0 Å². The molecule has 94 valence electrons. The Kier molecular flexibility index (Phi) is 3.07. The maximum atomic E-state index is 13.5. The standard InChI is InChI=1S/C10H13FN2O3S/c11-9-2-1-8(12)3-10(9)17(15,16)13-4-7(5-13)6-14/h1-3,7,14H,4-6,12H2. The Morgan fingerprint density at radius 2 is 2.12 bits per heavy atom. The van der Waals surface area contributed by atoms with Gasteiger partial charge in [-0.3, -0.25) is 0 Å². The Labute approximate surface area is 98.7 Å². The van der Waals surface area contributed by atoms with Crippen LogP contribution in [0.2, 0.25) is 0 Å². The molecule has 1 heterocycles. The molecule has 1 aromatic rings. The lowest BCUT2D eigenvalue weighted by Gasteiger charge is -2.36. The highest BCUT2D eigenvalue weighted by molar-refractivity contribution is 7.89. The zero-order valence-electron chi connectivity index (χ0n) is 9.01. The molecule has 5 nitrogen and oxygen atoms in total. The third-order valence-electron chi connectivity index (χ3n) is 2.75. The summed E-state index contributed by atoms with van der Waals surface area (Å²) in [5.74, 6) is -0.874. The van der Waals surface area contributed by atoms with E-state index in [9.17, 15) is 12.8 Å². The molecule has 1 aliphatic heterocycles. The molecule has 0 spiro atoms. The normalized spacial score (nSPS) is 18.0. The topological polar surface area (TPSA) is 83.6 Å². The molecule has 0 bridgehead atoms. The first kappa shape index (κ1) is 12.3. The van der Waals surface area contributed by atoms with Crippen molar-refractivity contribution in [3.05, 3.63) is 24.0 Å². The highest BCUT2D eigenvalue weighted by atomic mass is 32.2. The van der Waals surface area contributed by atoms with Gasteiger partial charge in [0.15, 0.2) is 0 Å². The third-order valence-corrected chi connectivity index (χ3v) is 4.60. The molecule has 17 heavy (non-hydrogen) atoms. The van der Waals surface area contributed by atoms with Crippen LogP contribution >= 0.6 is 0 Å². The van der Waals surface area contributed by atoms with Gasteiger partial charge in [0.05, 0.1) is 0 Å². The number of nitrogen functional groups attached to an aromatic ring is 1. The van der Waals surface area contributed by atoms with Gasteiger partial charge in [0, 0.05) is 31.3 Å². The van der Waals surface area contributed by atoms with Crippen LogP contribution in [0, 0.1) is 11.7 Å². The first-order valence-electron chi connectivity index (χ1n) is 5.11. The lowest BCUT2D eigenvalue weighted by atomic mass is 10.1. The molecule has 0 aromatic heterocycles. The van der Waals surface area contributed by atoms with Gasteiger partial charge >= 0.3 is 0 Å². The van der Waals surface area contributed by atoms with Gasteiger partial charge in [0.25, 0.3) is 0 Å². The molecule has 0 saturated carbocycles. The lowest BCUT2D eigenvalue weighted by Crippen LogP contribution is -2.51. The monoisotopic (exact) mass is 260 g/mol. The Bertz CT molecular complexity index is 526. The fourth-order valence-corrected chi connectivity index (χ4v) is 3.38. The van der Waals surface area contributed by atoms with E-state index in [0.717, 1.165) is 16.4 Å². The molecule has 0 atom stereocenters. The summed E-state index contributed by atoms with van der Waals surface area (Å²) in [5, 5.41) is 8.82. The van der Waals surface area contributed by atoms with Crippen LogP contribution in [-0.2, 0) is 10.0 Å². The number of anilines is 1. The van der Waals surface area contributed by atoms with E-state index in [1.54, 1.807) is 0 Å². The number of benzene rings is 1. The van der Waals surface area contributed by atoms with E-state index in [-0.39, 0.29) is 31.3 Å². The van der Waals surface area contributed by atoms with Crippen LogP contribution in [0.4, 0.5) is 10.1 Å². The van der Waals surface area contributed by atoms with E-state index >= 15 is 0 Å². The minimum absolute atomic E-state index is 0.0612. The molecule has 0 radical (unpaired) electrons. The van der Waals surface area contributed by atoms with Crippen molar-refractivity contribution in [1.29, 1.82) is 0 Å². The Morgan fingerprint density at radius 1 is 1.47 bits per heavy atom. The molecule has 2 rings (SSSR count). The molecule has 1 fully saturated rings. The van der Waals surface area contributed by atoms with Crippen LogP contribution in [0.5, 0.6) is 0 Å². The van der Waals surface area contributed by atoms with Gasteiger partial charge in [0.2, 0.25) is 10.0 Å². The summed E-state index contributed by atoms with van der Waals surface area (Å²) in [4.78, 5) is -0.408. The molecule has 1 aliphatic rings. The first-order chi connectivity index (χ1) is 7.95. The first-order valence-corrected chi connectivity index (χ1v) is 6.55. The van der Waals surface area contributed by atoms with Crippen molar-refractivity contribution in [3.8, 4) is 0 Å². The van der Waals surface area contributed by atoms with Gasteiger partial charge in [0.1, 0.15) is 10.7 Å². The highest BCUT2D eigenvalue weighted by Crippen LogP contribution is 2.27. The lowest BCUT2D eigenvalue weighted by molar-refractivity contribution is 0.117. The summed E-state index contributed by atoms with van der Waals surface area (Å²) in [6.07, 6.45) is 0. The number of rotatable bonds is 3. The summed E-state index contributed by atoms with van der Waals surface area (Å²) in [5.41, 5.74) is 5.65.